The molecule has 2 rings (SSSR count). The van der Waals surface area contributed by atoms with Gasteiger partial charge < -0.3 is 9.84 Å². The number of hydrogen-bond donors (Lipinski definition) is 2. The van der Waals surface area contributed by atoms with Crippen molar-refractivity contribution < 1.29 is 22.7 Å². The van der Waals surface area contributed by atoms with Gasteiger partial charge in [0.25, 0.3) is 0 Å². The fourth-order valence-electron chi connectivity index (χ4n) is 2.55. The number of hydrogen-bond acceptors (Lipinski definition) is 4. The molecule has 1 aromatic carbocycles. The van der Waals surface area contributed by atoms with Gasteiger partial charge in [-0.3, -0.25) is 0 Å². The number of aryl methyl sites for hydroxylation is 1. The molecule has 1 heterocycles. The van der Waals surface area contributed by atoms with Gasteiger partial charge in [-0.15, -0.1) is 0 Å². The Labute approximate surface area is 130 Å². The van der Waals surface area contributed by atoms with Crippen molar-refractivity contribution in [3.63, 3.8) is 0 Å². The zero-order chi connectivity index (χ0) is 16.2. The molecule has 1 aliphatic heterocycles. The largest absolute Gasteiger partial charge is 0.393 e. The molecule has 1 unspecified atom stereocenters. The Balaban J connectivity index is 1.88. The summed E-state index contributed by atoms with van der Waals surface area (Å²) < 4.78 is 45.1. The highest BCUT2D eigenvalue weighted by Gasteiger charge is 2.22. The summed E-state index contributed by atoms with van der Waals surface area (Å²) in [6, 6.07) is 3.67. The molecule has 1 aliphatic rings. The van der Waals surface area contributed by atoms with Crippen LogP contribution >= 0.6 is 0 Å². The van der Waals surface area contributed by atoms with Crippen molar-refractivity contribution in [2.45, 2.75) is 37.2 Å². The van der Waals surface area contributed by atoms with E-state index >= 15 is 0 Å². The summed E-state index contributed by atoms with van der Waals surface area (Å²) in [6.45, 7) is 2.95. The summed E-state index contributed by atoms with van der Waals surface area (Å²) in [5.74, 6) is -0.278. The third-order valence-electron chi connectivity index (χ3n) is 3.98. The maximum Gasteiger partial charge on any atom is 0.240 e. The molecule has 0 radical (unpaired) electrons. The van der Waals surface area contributed by atoms with Crippen LogP contribution in [0.2, 0.25) is 0 Å². The van der Waals surface area contributed by atoms with E-state index in [0.29, 0.717) is 19.6 Å². The van der Waals surface area contributed by atoms with Crippen LogP contribution in [0, 0.1) is 18.7 Å². The minimum absolute atomic E-state index is 0.0342. The lowest BCUT2D eigenvalue weighted by molar-refractivity contribution is 0.00567. The van der Waals surface area contributed by atoms with Gasteiger partial charge in [0, 0.05) is 19.8 Å². The Morgan fingerprint density at radius 3 is 2.73 bits per heavy atom. The normalized spacial score (nSPS) is 18.3. The standard InChI is InChI=1S/C15H22FNO4S/c1-11-10-13(2-3-14(11)16)22(19,20)17-7-4-15(18)12-5-8-21-9-6-12/h2-3,10,12,15,17-18H,4-9H2,1H3. The predicted octanol–water partition coefficient (Wildman–Crippen LogP) is 1.59. The second-order valence-corrected chi connectivity index (χ2v) is 7.38. The van der Waals surface area contributed by atoms with Crippen LogP contribution in [-0.2, 0) is 14.8 Å². The van der Waals surface area contributed by atoms with Gasteiger partial charge in [-0.25, -0.2) is 17.5 Å². The molecule has 22 heavy (non-hydrogen) atoms. The lowest BCUT2D eigenvalue weighted by Gasteiger charge is -2.26. The first kappa shape index (κ1) is 17.3. The van der Waals surface area contributed by atoms with Crippen LogP contribution in [-0.4, -0.2) is 39.4 Å². The van der Waals surface area contributed by atoms with Crippen molar-refractivity contribution in [1.29, 1.82) is 0 Å². The fraction of sp³-hybridized carbons (Fsp3) is 0.600. The van der Waals surface area contributed by atoms with E-state index in [1.165, 1.54) is 19.1 Å². The van der Waals surface area contributed by atoms with Gasteiger partial charge in [0.2, 0.25) is 10.0 Å². The van der Waals surface area contributed by atoms with Crippen molar-refractivity contribution in [1.82, 2.24) is 4.72 Å². The van der Waals surface area contributed by atoms with Crippen LogP contribution in [0.25, 0.3) is 0 Å². The van der Waals surface area contributed by atoms with Crippen molar-refractivity contribution >= 4 is 10.0 Å². The van der Waals surface area contributed by atoms with E-state index in [1.807, 2.05) is 0 Å². The molecule has 1 atom stereocenters. The molecule has 2 N–H and O–H groups in total. The molecular formula is C15H22FNO4S. The highest BCUT2D eigenvalue weighted by atomic mass is 32.2. The maximum atomic E-state index is 13.2. The van der Waals surface area contributed by atoms with E-state index in [9.17, 15) is 17.9 Å². The van der Waals surface area contributed by atoms with Crippen LogP contribution < -0.4 is 4.72 Å². The van der Waals surface area contributed by atoms with E-state index in [2.05, 4.69) is 4.72 Å². The van der Waals surface area contributed by atoms with Crippen LogP contribution in [0.3, 0.4) is 0 Å². The average Bonchev–Trinajstić information content (AvgIpc) is 2.50. The molecule has 0 aliphatic carbocycles. The number of ether oxygens (including phenoxy) is 1. The van der Waals surface area contributed by atoms with Crippen molar-refractivity contribution in [3.05, 3.63) is 29.6 Å². The molecule has 0 aromatic heterocycles. The van der Waals surface area contributed by atoms with Crippen LogP contribution in [0.1, 0.15) is 24.8 Å². The number of sulfonamides is 1. The van der Waals surface area contributed by atoms with E-state index in [0.717, 1.165) is 18.9 Å². The van der Waals surface area contributed by atoms with Crippen LogP contribution in [0.4, 0.5) is 4.39 Å². The Hall–Kier alpha value is -1.02. The molecule has 1 saturated heterocycles. The van der Waals surface area contributed by atoms with E-state index in [-0.39, 0.29) is 22.9 Å². The average molecular weight is 331 g/mol. The van der Waals surface area contributed by atoms with Crippen LogP contribution in [0.5, 0.6) is 0 Å². The number of halogens is 1. The van der Waals surface area contributed by atoms with E-state index in [1.54, 1.807) is 0 Å². The topological polar surface area (TPSA) is 75.6 Å². The van der Waals surface area contributed by atoms with Gasteiger partial charge in [-0.05, 0) is 55.9 Å². The maximum absolute atomic E-state index is 13.2. The molecular weight excluding hydrogens is 309 g/mol. The van der Waals surface area contributed by atoms with Gasteiger partial charge in [0.1, 0.15) is 5.82 Å². The molecule has 1 aromatic rings. The van der Waals surface area contributed by atoms with E-state index in [4.69, 9.17) is 4.74 Å². The summed E-state index contributed by atoms with van der Waals surface area (Å²) in [4.78, 5) is 0.0342. The quantitative estimate of drug-likeness (QED) is 0.830. The second-order valence-electron chi connectivity index (χ2n) is 5.61. The first-order valence-electron chi connectivity index (χ1n) is 7.42. The van der Waals surface area contributed by atoms with Gasteiger partial charge in [-0.2, -0.15) is 0 Å². The Bertz CT molecular complexity index is 600. The Morgan fingerprint density at radius 2 is 2.09 bits per heavy atom. The zero-order valence-corrected chi connectivity index (χ0v) is 13.4. The molecule has 5 nitrogen and oxygen atoms in total. The third kappa shape index (κ3) is 4.49. The lowest BCUT2D eigenvalue weighted by Crippen LogP contribution is -2.32. The monoisotopic (exact) mass is 331 g/mol. The third-order valence-corrected chi connectivity index (χ3v) is 5.44. The van der Waals surface area contributed by atoms with Gasteiger partial charge in [0.15, 0.2) is 0 Å². The molecule has 124 valence electrons. The predicted molar refractivity (Wildman–Crippen MR) is 80.5 cm³/mol. The summed E-state index contributed by atoms with van der Waals surface area (Å²) in [5.41, 5.74) is 0.283. The number of nitrogens with one attached hydrogen (secondary N) is 1. The highest BCUT2D eigenvalue weighted by molar-refractivity contribution is 7.89. The molecule has 0 bridgehead atoms. The first-order valence-corrected chi connectivity index (χ1v) is 8.90. The smallest absolute Gasteiger partial charge is 0.240 e. The molecule has 7 heteroatoms. The number of benzene rings is 1. The van der Waals surface area contributed by atoms with Gasteiger partial charge in [-0.1, -0.05) is 0 Å². The molecule has 0 saturated carbocycles. The molecule has 1 fully saturated rings. The minimum Gasteiger partial charge on any atom is -0.393 e. The van der Waals surface area contributed by atoms with Gasteiger partial charge >= 0.3 is 0 Å². The van der Waals surface area contributed by atoms with Crippen molar-refractivity contribution in [3.8, 4) is 0 Å². The lowest BCUT2D eigenvalue weighted by atomic mass is 9.92. The minimum atomic E-state index is -3.68. The summed E-state index contributed by atoms with van der Waals surface area (Å²) in [6.07, 6.45) is 1.40. The van der Waals surface area contributed by atoms with Crippen LogP contribution in [0.15, 0.2) is 23.1 Å². The number of aliphatic hydroxyl groups excluding tert-OH is 1. The fourth-order valence-corrected chi connectivity index (χ4v) is 3.68. The Kier molecular flexibility index (Phi) is 5.91. The zero-order valence-electron chi connectivity index (χ0n) is 12.6. The van der Waals surface area contributed by atoms with Crippen molar-refractivity contribution in [2.24, 2.45) is 5.92 Å². The van der Waals surface area contributed by atoms with Gasteiger partial charge in [0.05, 0.1) is 11.0 Å². The summed E-state index contributed by atoms with van der Waals surface area (Å²) >= 11 is 0. The van der Waals surface area contributed by atoms with Crippen molar-refractivity contribution in [2.75, 3.05) is 19.8 Å². The molecule has 0 amide bonds. The van der Waals surface area contributed by atoms with E-state index < -0.39 is 21.9 Å². The summed E-state index contributed by atoms with van der Waals surface area (Å²) in [7, 11) is -3.68. The SMILES string of the molecule is Cc1cc(S(=O)(=O)NCCC(O)C2CCOCC2)ccc1F. The first-order chi connectivity index (χ1) is 10.4. The molecule has 0 spiro atoms. The number of aliphatic hydroxyl groups is 1. The highest BCUT2D eigenvalue weighted by Crippen LogP contribution is 2.20. The number of rotatable bonds is 6. The summed E-state index contributed by atoms with van der Waals surface area (Å²) in [5, 5.41) is 10.1. The second kappa shape index (κ2) is 7.50. The Morgan fingerprint density at radius 1 is 1.41 bits per heavy atom.